The summed E-state index contributed by atoms with van der Waals surface area (Å²) in [6.45, 7) is 3.76. The fraction of sp³-hybridized carbons (Fsp3) is 0.387. The van der Waals surface area contributed by atoms with Gasteiger partial charge in [-0.2, -0.15) is 13.2 Å². The third-order valence-corrected chi connectivity index (χ3v) is 7.40. The number of carboxylic acids is 1. The first-order chi connectivity index (χ1) is 19.3. The smallest absolute Gasteiger partial charge is 0.417 e. The van der Waals surface area contributed by atoms with Crippen LogP contribution in [0, 0.1) is 5.82 Å². The molecule has 3 aromatic carbocycles. The molecule has 0 bridgehead atoms. The van der Waals surface area contributed by atoms with E-state index in [9.17, 15) is 23.1 Å². The number of aliphatic carboxylic acids is 1. The maximum atomic E-state index is 15.3. The molecule has 0 radical (unpaired) electrons. The Balaban J connectivity index is 1.43. The summed E-state index contributed by atoms with van der Waals surface area (Å²) < 4.78 is 75.0. The molecule has 6 nitrogen and oxygen atoms in total. The van der Waals surface area contributed by atoms with E-state index in [0.717, 1.165) is 5.56 Å². The van der Waals surface area contributed by atoms with Crippen molar-refractivity contribution >= 4 is 5.97 Å². The molecule has 0 spiro atoms. The molecule has 2 N–H and O–H groups in total. The normalized spacial score (nSPS) is 18.0. The second-order valence-corrected chi connectivity index (χ2v) is 11.1. The summed E-state index contributed by atoms with van der Waals surface area (Å²) in [6.07, 6.45) is -4.84. The van der Waals surface area contributed by atoms with Crippen molar-refractivity contribution in [3.8, 4) is 28.4 Å². The Morgan fingerprint density at radius 3 is 2.44 bits per heavy atom. The largest absolute Gasteiger partial charge is 0.493 e. The molecule has 1 aliphatic carbocycles. The van der Waals surface area contributed by atoms with Crippen LogP contribution in [0.3, 0.4) is 0 Å². The first-order valence-electron chi connectivity index (χ1n) is 13.3. The van der Waals surface area contributed by atoms with Crippen molar-refractivity contribution in [3.05, 3.63) is 76.6 Å². The number of hydrogen-bond donors (Lipinski definition) is 2. The van der Waals surface area contributed by atoms with Crippen LogP contribution in [0.25, 0.3) is 11.1 Å². The van der Waals surface area contributed by atoms with Gasteiger partial charge in [0.25, 0.3) is 0 Å². The Kier molecular flexibility index (Phi) is 7.63. The zero-order valence-corrected chi connectivity index (χ0v) is 22.6. The van der Waals surface area contributed by atoms with E-state index >= 15 is 4.39 Å². The number of benzene rings is 3. The maximum Gasteiger partial charge on any atom is 0.417 e. The molecule has 0 saturated heterocycles. The van der Waals surface area contributed by atoms with Crippen LogP contribution in [0.2, 0.25) is 0 Å². The van der Waals surface area contributed by atoms with Crippen molar-refractivity contribution in [1.82, 2.24) is 0 Å². The number of aliphatic hydroxyl groups is 1. The van der Waals surface area contributed by atoms with Gasteiger partial charge in [0, 0.05) is 29.5 Å². The van der Waals surface area contributed by atoms with Crippen molar-refractivity contribution in [1.29, 1.82) is 0 Å². The summed E-state index contributed by atoms with van der Waals surface area (Å²) in [4.78, 5) is 11.1. The minimum atomic E-state index is -4.78. The molecule has 3 aromatic rings. The molecular weight excluding hydrogens is 544 g/mol. The van der Waals surface area contributed by atoms with Gasteiger partial charge in [-0.15, -0.1) is 0 Å². The molecule has 1 aliphatic heterocycles. The van der Waals surface area contributed by atoms with E-state index in [1.54, 1.807) is 44.2 Å². The molecule has 5 rings (SSSR count). The first-order valence-corrected chi connectivity index (χ1v) is 13.3. The molecule has 0 fully saturated rings. The van der Waals surface area contributed by atoms with Crippen molar-refractivity contribution in [3.63, 3.8) is 0 Å². The summed E-state index contributed by atoms with van der Waals surface area (Å²) >= 11 is 0. The van der Waals surface area contributed by atoms with Crippen LogP contribution in [-0.4, -0.2) is 35.0 Å². The maximum absolute atomic E-state index is 15.3. The van der Waals surface area contributed by atoms with Crippen molar-refractivity contribution < 1.29 is 46.8 Å². The fourth-order valence-electron chi connectivity index (χ4n) is 5.43. The topological polar surface area (TPSA) is 85.2 Å². The number of rotatable bonds is 9. The summed E-state index contributed by atoms with van der Waals surface area (Å²) in [5.74, 6) is -0.939. The van der Waals surface area contributed by atoms with E-state index < -0.39 is 35.2 Å². The van der Waals surface area contributed by atoms with E-state index in [-0.39, 0.29) is 60.6 Å². The molecule has 1 unspecified atom stereocenters. The number of fused-ring (bicyclic) bond motifs is 2. The van der Waals surface area contributed by atoms with Crippen LogP contribution in [0.5, 0.6) is 17.2 Å². The van der Waals surface area contributed by atoms with Gasteiger partial charge in [-0.05, 0) is 67.6 Å². The van der Waals surface area contributed by atoms with Crippen molar-refractivity contribution in [2.45, 2.75) is 63.3 Å². The van der Waals surface area contributed by atoms with Crippen molar-refractivity contribution in [2.24, 2.45) is 0 Å². The highest BCUT2D eigenvalue weighted by Gasteiger charge is 2.40. The van der Waals surface area contributed by atoms with Crippen molar-refractivity contribution in [2.75, 3.05) is 13.2 Å². The van der Waals surface area contributed by atoms with Crippen LogP contribution in [-0.2, 0) is 17.4 Å². The minimum absolute atomic E-state index is 0.0767. The average Bonchev–Trinajstić information content (AvgIpc) is 3.47. The van der Waals surface area contributed by atoms with Crippen LogP contribution in [0.4, 0.5) is 17.6 Å². The van der Waals surface area contributed by atoms with E-state index in [4.69, 9.17) is 19.3 Å². The summed E-state index contributed by atoms with van der Waals surface area (Å²) in [5.41, 5.74) is -0.704. The van der Waals surface area contributed by atoms with Gasteiger partial charge in [0.1, 0.15) is 29.2 Å². The van der Waals surface area contributed by atoms with Gasteiger partial charge >= 0.3 is 12.1 Å². The van der Waals surface area contributed by atoms with E-state index in [0.29, 0.717) is 29.7 Å². The second kappa shape index (κ2) is 10.9. The highest BCUT2D eigenvalue weighted by molar-refractivity contribution is 5.75. The van der Waals surface area contributed by atoms with Gasteiger partial charge in [0.2, 0.25) is 0 Å². The SMILES string of the molecule is CC(C)(O)CCOc1ccc(-c2c(C(F)(F)F)cc(F)c3c2CC[C@H]3Oc2ccc3c(c2)OCC3CC(=O)O)cc1. The molecule has 0 aromatic heterocycles. The Hall–Kier alpha value is -3.79. The lowest BCUT2D eigenvalue weighted by Gasteiger charge is -2.21. The Labute approximate surface area is 234 Å². The molecule has 0 amide bonds. The molecule has 2 atom stereocenters. The molecule has 41 heavy (non-hydrogen) atoms. The molecule has 0 saturated carbocycles. The van der Waals surface area contributed by atoms with Gasteiger partial charge in [-0.1, -0.05) is 18.2 Å². The van der Waals surface area contributed by atoms with E-state index in [1.165, 1.54) is 12.1 Å². The number of ether oxygens (including phenoxy) is 3. The predicted octanol–water partition coefficient (Wildman–Crippen LogP) is 7.07. The first kappa shape index (κ1) is 28.7. The number of carbonyl (C=O) groups is 1. The summed E-state index contributed by atoms with van der Waals surface area (Å²) in [5, 5.41) is 19.0. The second-order valence-electron chi connectivity index (χ2n) is 11.1. The Morgan fingerprint density at radius 2 is 1.78 bits per heavy atom. The molecule has 218 valence electrons. The minimum Gasteiger partial charge on any atom is -0.493 e. The third kappa shape index (κ3) is 6.27. The summed E-state index contributed by atoms with van der Waals surface area (Å²) in [6, 6.07) is 11.6. The molecular formula is C31H30F4O6. The van der Waals surface area contributed by atoms with Crippen LogP contribution < -0.4 is 14.2 Å². The Bertz CT molecular complexity index is 1440. The van der Waals surface area contributed by atoms with Gasteiger partial charge in [0.15, 0.2) is 0 Å². The van der Waals surface area contributed by atoms with Crippen LogP contribution >= 0.6 is 0 Å². The number of carboxylic acid groups (broad SMARTS) is 1. The predicted molar refractivity (Wildman–Crippen MR) is 142 cm³/mol. The van der Waals surface area contributed by atoms with Gasteiger partial charge in [0.05, 0.1) is 30.8 Å². The van der Waals surface area contributed by atoms with Gasteiger partial charge < -0.3 is 24.4 Å². The van der Waals surface area contributed by atoms with E-state index in [1.807, 2.05) is 0 Å². The fourth-order valence-corrected chi connectivity index (χ4v) is 5.43. The molecule has 2 aliphatic rings. The number of alkyl halides is 3. The quantitative estimate of drug-likeness (QED) is 0.266. The lowest BCUT2D eigenvalue weighted by Crippen LogP contribution is -2.21. The van der Waals surface area contributed by atoms with Gasteiger partial charge in [-0.25, -0.2) is 4.39 Å². The zero-order valence-electron chi connectivity index (χ0n) is 22.6. The molecule has 1 heterocycles. The third-order valence-electron chi connectivity index (χ3n) is 7.40. The highest BCUT2D eigenvalue weighted by atomic mass is 19.4. The lowest BCUT2D eigenvalue weighted by atomic mass is 9.91. The molecule has 10 heteroatoms. The average molecular weight is 575 g/mol. The van der Waals surface area contributed by atoms with Gasteiger partial charge in [-0.3, -0.25) is 4.79 Å². The Morgan fingerprint density at radius 1 is 1.07 bits per heavy atom. The number of halogens is 4. The standard InChI is InChI=1S/C31H30F4O6/c1-30(2,38)11-12-39-19-5-3-17(4-6-19)28-22-9-10-25(29(22)24(32)15-23(28)31(33,34)35)41-20-7-8-21-18(13-27(36)37)16-40-26(21)14-20/h3-8,14-15,18,25,38H,9-13,16H2,1-2H3,(H,36,37)/t18?,25-/m1/s1. The monoisotopic (exact) mass is 574 g/mol. The summed E-state index contributed by atoms with van der Waals surface area (Å²) in [7, 11) is 0. The van der Waals surface area contributed by atoms with E-state index in [2.05, 4.69) is 0 Å². The van der Waals surface area contributed by atoms with Crippen LogP contribution in [0.1, 0.15) is 67.4 Å². The highest BCUT2D eigenvalue weighted by Crippen LogP contribution is 2.48. The number of hydrogen-bond acceptors (Lipinski definition) is 5. The lowest BCUT2D eigenvalue weighted by molar-refractivity contribution is -0.138. The zero-order chi connectivity index (χ0) is 29.5. The van der Waals surface area contributed by atoms with Crippen LogP contribution in [0.15, 0.2) is 48.5 Å².